The highest BCUT2D eigenvalue weighted by atomic mass is 19.1. The van der Waals surface area contributed by atoms with E-state index in [1.54, 1.807) is 29.4 Å². The molecule has 6 heteroatoms. The summed E-state index contributed by atoms with van der Waals surface area (Å²) in [5.41, 5.74) is 2.01. The maximum atomic E-state index is 13.8. The van der Waals surface area contributed by atoms with Crippen LogP contribution in [0.5, 0.6) is 0 Å². The first-order chi connectivity index (χ1) is 11.6. The first kappa shape index (κ1) is 14.8. The van der Waals surface area contributed by atoms with Crippen molar-refractivity contribution in [2.45, 2.75) is 12.3 Å². The summed E-state index contributed by atoms with van der Waals surface area (Å²) in [4.78, 5) is 23.1. The van der Waals surface area contributed by atoms with Crippen molar-refractivity contribution in [3.8, 4) is 0 Å². The molecule has 4 rings (SSSR count). The zero-order valence-electron chi connectivity index (χ0n) is 13.3. The fourth-order valence-corrected chi connectivity index (χ4v) is 3.38. The van der Waals surface area contributed by atoms with Gasteiger partial charge in [-0.3, -0.25) is 9.78 Å². The molecule has 1 saturated heterocycles. The number of imidazole rings is 1. The zero-order valence-corrected chi connectivity index (χ0v) is 13.3. The molecule has 0 bridgehead atoms. The van der Waals surface area contributed by atoms with Crippen LogP contribution in [0, 0.1) is 5.82 Å². The van der Waals surface area contributed by atoms with Crippen molar-refractivity contribution in [2.24, 2.45) is 7.05 Å². The summed E-state index contributed by atoms with van der Waals surface area (Å²) in [6.07, 6.45) is 4.34. The van der Waals surface area contributed by atoms with Gasteiger partial charge >= 0.3 is 0 Å². The molecule has 1 atom stereocenters. The molecule has 3 heterocycles. The van der Waals surface area contributed by atoms with E-state index in [0.29, 0.717) is 13.1 Å². The van der Waals surface area contributed by atoms with Gasteiger partial charge in [0.05, 0.1) is 22.8 Å². The molecular formula is C18H17FN4O. The highest BCUT2D eigenvalue weighted by Gasteiger charge is 2.31. The van der Waals surface area contributed by atoms with Gasteiger partial charge in [-0.25, -0.2) is 9.37 Å². The van der Waals surface area contributed by atoms with E-state index in [0.717, 1.165) is 23.3 Å². The van der Waals surface area contributed by atoms with Gasteiger partial charge in [0.1, 0.15) is 11.6 Å². The Bertz CT molecular complexity index is 920. The first-order valence-electron chi connectivity index (χ1n) is 7.95. The monoisotopic (exact) mass is 324 g/mol. The minimum Gasteiger partial charge on any atom is -0.338 e. The van der Waals surface area contributed by atoms with Crippen molar-refractivity contribution in [3.63, 3.8) is 0 Å². The maximum Gasteiger partial charge on any atom is 0.256 e. The number of carbonyl (C=O) groups excluding carboxylic acids is 1. The number of likely N-dealkylation sites (tertiary alicyclic amines) is 1. The number of benzene rings is 1. The van der Waals surface area contributed by atoms with Crippen molar-refractivity contribution in [1.29, 1.82) is 0 Å². The lowest BCUT2D eigenvalue weighted by Crippen LogP contribution is -2.29. The number of hydrogen-bond donors (Lipinski definition) is 0. The third-order valence-electron chi connectivity index (χ3n) is 4.66. The zero-order chi connectivity index (χ0) is 16.7. The van der Waals surface area contributed by atoms with Crippen LogP contribution in [0.25, 0.3) is 11.0 Å². The summed E-state index contributed by atoms with van der Waals surface area (Å²) in [5, 5.41) is 0. The minimum absolute atomic E-state index is 0.132. The minimum atomic E-state index is -0.472. The lowest BCUT2D eigenvalue weighted by molar-refractivity contribution is 0.0786. The highest BCUT2D eigenvalue weighted by molar-refractivity contribution is 5.94. The predicted octanol–water partition coefficient (Wildman–Crippen LogP) is 2.74. The van der Waals surface area contributed by atoms with Gasteiger partial charge in [0, 0.05) is 32.3 Å². The van der Waals surface area contributed by atoms with Crippen molar-refractivity contribution < 1.29 is 9.18 Å². The van der Waals surface area contributed by atoms with Crippen LogP contribution < -0.4 is 0 Å². The number of rotatable bonds is 2. The van der Waals surface area contributed by atoms with Crippen LogP contribution in [0.15, 0.2) is 42.7 Å². The number of pyridine rings is 1. The molecule has 1 fully saturated rings. The van der Waals surface area contributed by atoms with Gasteiger partial charge in [-0.05, 0) is 24.6 Å². The molecule has 0 saturated carbocycles. The second-order valence-electron chi connectivity index (χ2n) is 6.11. The van der Waals surface area contributed by atoms with Crippen LogP contribution in [0.4, 0.5) is 4.39 Å². The van der Waals surface area contributed by atoms with Crippen LogP contribution in [0.1, 0.15) is 28.5 Å². The van der Waals surface area contributed by atoms with Crippen LogP contribution in [0.3, 0.4) is 0 Å². The molecule has 2 aromatic heterocycles. The van der Waals surface area contributed by atoms with Crippen molar-refractivity contribution in [1.82, 2.24) is 19.4 Å². The first-order valence-corrected chi connectivity index (χ1v) is 7.95. The second-order valence-corrected chi connectivity index (χ2v) is 6.11. The Balaban J connectivity index is 1.59. The average molecular weight is 324 g/mol. The van der Waals surface area contributed by atoms with Crippen LogP contribution in [-0.2, 0) is 7.05 Å². The third kappa shape index (κ3) is 2.35. The lowest BCUT2D eigenvalue weighted by atomic mass is 10.1. The van der Waals surface area contributed by atoms with Gasteiger partial charge in [-0.15, -0.1) is 0 Å². The second kappa shape index (κ2) is 5.70. The Morgan fingerprint density at radius 2 is 2.12 bits per heavy atom. The third-order valence-corrected chi connectivity index (χ3v) is 4.66. The van der Waals surface area contributed by atoms with Crippen molar-refractivity contribution >= 4 is 16.9 Å². The molecule has 1 aliphatic heterocycles. The molecule has 1 aromatic carbocycles. The van der Waals surface area contributed by atoms with Gasteiger partial charge in [-0.2, -0.15) is 0 Å². The van der Waals surface area contributed by atoms with Crippen LogP contribution >= 0.6 is 0 Å². The number of fused-ring (bicyclic) bond motifs is 1. The smallest absolute Gasteiger partial charge is 0.256 e. The standard InChI is InChI=1S/C18H17FN4O/c1-22-16-10-20-8-6-15(16)21-17(22)12-7-9-23(11-12)18(24)13-4-2-3-5-14(13)19/h2-6,8,10,12H,7,9,11H2,1H3/t12-/m1/s1. The summed E-state index contributed by atoms with van der Waals surface area (Å²) in [6.45, 7) is 1.16. The number of halogens is 1. The van der Waals surface area contributed by atoms with Crippen LogP contribution in [0.2, 0.25) is 0 Å². The number of carbonyl (C=O) groups is 1. The van der Waals surface area contributed by atoms with E-state index in [1.807, 2.05) is 17.7 Å². The summed E-state index contributed by atoms with van der Waals surface area (Å²) < 4.78 is 15.9. The largest absolute Gasteiger partial charge is 0.338 e. The summed E-state index contributed by atoms with van der Waals surface area (Å²) in [7, 11) is 1.97. The number of amides is 1. The molecule has 1 aliphatic rings. The number of aryl methyl sites for hydroxylation is 1. The Kier molecular flexibility index (Phi) is 3.52. The van der Waals surface area contributed by atoms with E-state index < -0.39 is 5.82 Å². The van der Waals surface area contributed by atoms with E-state index in [9.17, 15) is 9.18 Å². The summed E-state index contributed by atoms with van der Waals surface area (Å²) >= 11 is 0. The normalized spacial score (nSPS) is 17.6. The molecule has 0 aliphatic carbocycles. The molecule has 3 aromatic rings. The van der Waals surface area contributed by atoms with E-state index >= 15 is 0 Å². The Morgan fingerprint density at radius 1 is 1.29 bits per heavy atom. The SMILES string of the molecule is Cn1c([C@@H]2CCN(C(=O)c3ccccc3F)C2)nc2ccncc21. The van der Waals surface area contributed by atoms with E-state index in [4.69, 9.17) is 0 Å². The summed E-state index contributed by atoms with van der Waals surface area (Å²) in [6, 6.07) is 8.01. The maximum absolute atomic E-state index is 13.8. The molecule has 0 unspecified atom stereocenters. The van der Waals surface area contributed by atoms with Gasteiger partial charge in [0.25, 0.3) is 5.91 Å². The van der Waals surface area contributed by atoms with E-state index in [2.05, 4.69) is 9.97 Å². The topological polar surface area (TPSA) is 51.0 Å². The molecule has 1 amide bonds. The Labute approximate surface area is 138 Å². The molecular weight excluding hydrogens is 307 g/mol. The van der Waals surface area contributed by atoms with Gasteiger partial charge in [-0.1, -0.05) is 12.1 Å². The predicted molar refractivity (Wildman–Crippen MR) is 88.2 cm³/mol. The summed E-state index contributed by atoms with van der Waals surface area (Å²) in [5.74, 6) is 0.371. The number of aromatic nitrogens is 3. The molecule has 122 valence electrons. The van der Waals surface area contributed by atoms with Crippen molar-refractivity contribution in [3.05, 3.63) is 59.9 Å². The fourth-order valence-electron chi connectivity index (χ4n) is 3.38. The molecule has 0 N–H and O–H groups in total. The number of hydrogen-bond acceptors (Lipinski definition) is 3. The molecule has 5 nitrogen and oxygen atoms in total. The molecule has 0 spiro atoms. The quantitative estimate of drug-likeness (QED) is 0.728. The lowest BCUT2D eigenvalue weighted by Gasteiger charge is -2.17. The van der Waals surface area contributed by atoms with Crippen LogP contribution in [-0.4, -0.2) is 38.4 Å². The molecule has 0 radical (unpaired) electrons. The highest BCUT2D eigenvalue weighted by Crippen LogP contribution is 2.29. The molecule has 24 heavy (non-hydrogen) atoms. The Hall–Kier alpha value is -2.76. The Morgan fingerprint density at radius 3 is 2.92 bits per heavy atom. The van der Waals surface area contributed by atoms with Gasteiger partial charge in [0.2, 0.25) is 0 Å². The fraction of sp³-hybridized carbons (Fsp3) is 0.278. The van der Waals surface area contributed by atoms with Gasteiger partial charge in [0.15, 0.2) is 0 Å². The number of nitrogens with zero attached hydrogens (tertiary/aromatic N) is 4. The van der Waals surface area contributed by atoms with E-state index in [-0.39, 0.29) is 17.4 Å². The average Bonchev–Trinajstić information content (AvgIpc) is 3.20. The van der Waals surface area contributed by atoms with E-state index in [1.165, 1.54) is 12.1 Å². The van der Waals surface area contributed by atoms with Crippen molar-refractivity contribution in [2.75, 3.05) is 13.1 Å². The van der Waals surface area contributed by atoms with Gasteiger partial charge < -0.3 is 9.47 Å².